The van der Waals surface area contributed by atoms with E-state index in [1.165, 1.54) is 11.1 Å². The first-order valence-electron chi connectivity index (χ1n) is 8.98. The highest BCUT2D eigenvalue weighted by molar-refractivity contribution is 7.71. The summed E-state index contributed by atoms with van der Waals surface area (Å²) in [7, 11) is 0. The lowest BCUT2D eigenvalue weighted by atomic mass is 9.96. The molecule has 1 aromatic heterocycles. The molecule has 1 aliphatic heterocycles. The molecular formula is C19H26N4OS. The number of nitrogens with one attached hydrogen (secondary N) is 1. The lowest BCUT2D eigenvalue weighted by molar-refractivity contribution is -0.131. The Balaban J connectivity index is 1.73. The number of aromatic amines is 1. The van der Waals surface area contributed by atoms with Crippen LogP contribution in [-0.2, 0) is 17.8 Å². The van der Waals surface area contributed by atoms with Crippen LogP contribution in [0.1, 0.15) is 48.2 Å². The molecule has 134 valence electrons. The van der Waals surface area contributed by atoms with Crippen LogP contribution in [-0.4, -0.2) is 38.7 Å². The summed E-state index contributed by atoms with van der Waals surface area (Å²) in [5, 5.41) is 7.32. The van der Waals surface area contributed by atoms with Gasteiger partial charge in [0.25, 0.3) is 0 Å². The molecule has 2 heterocycles. The number of aryl methyl sites for hydroxylation is 2. The van der Waals surface area contributed by atoms with Crippen LogP contribution in [0.2, 0.25) is 0 Å². The summed E-state index contributed by atoms with van der Waals surface area (Å²) >= 11 is 5.30. The molecule has 1 atom stereocenters. The van der Waals surface area contributed by atoms with Gasteiger partial charge in [-0.1, -0.05) is 23.8 Å². The van der Waals surface area contributed by atoms with E-state index in [1.807, 2.05) is 9.47 Å². The Morgan fingerprint density at radius 2 is 2.20 bits per heavy atom. The van der Waals surface area contributed by atoms with Gasteiger partial charge in [0.2, 0.25) is 5.91 Å². The smallest absolute Gasteiger partial charge is 0.227 e. The third-order valence-electron chi connectivity index (χ3n) is 5.09. The number of carbonyl (C=O) groups is 1. The van der Waals surface area contributed by atoms with Crippen LogP contribution < -0.4 is 0 Å². The minimum atomic E-state index is 0.204. The first-order chi connectivity index (χ1) is 12.0. The van der Waals surface area contributed by atoms with Crippen LogP contribution in [0.3, 0.4) is 0 Å². The fourth-order valence-electron chi connectivity index (χ4n) is 3.63. The van der Waals surface area contributed by atoms with Crippen LogP contribution in [0.5, 0.6) is 0 Å². The van der Waals surface area contributed by atoms with Crippen molar-refractivity contribution in [1.82, 2.24) is 19.7 Å². The lowest BCUT2D eigenvalue weighted by Gasteiger charge is -2.32. The second kappa shape index (κ2) is 7.52. The van der Waals surface area contributed by atoms with Gasteiger partial charge in [-0.15, -0.1) is 0 Å². The van der Waals surface area contributed by atoms with Crippen molar-refractivity contribution in [1.29, 1.82) is 0 Å². The minimum Gasteiger partial charge on any atom is -0.342 e. The molecule has 3 rings (SSSR count). The van der Waals surface area contributed by atoms with E-state index in [2.05, 4.69) is 49.2 Å². The summed E-state index contributed by atoms with van der Waals surface area (Å²) in [6.07, 6.45) is 2.53. The molecule has 1 aromatic carbocycles. The first-order valence-corrected chi connectivity index (χ1v) is 9.39. The highest BCUT2D eigenvalue weighted by Gasteiger charge is 2.28. The molecule has 0 bridgehead atoms. The molecule has 5 nitrogen and oxygen atoms in total. The first kappa shape index (κ1) is 17.9. The number of H-pyrrole nitrogens is 1. The predicted octanol–water partition coefficient (Wildman–Crippen LogP) is 3.53. The number of hydrogen-bond donors (Lipinski definition) is 1. The number of rotatable bonds is 4. The quantitative estimate of drug-likeness (QED) is 0.851. The molecule has 1 N–H and O–H groups in total. The van der Waals surface area contributed by atoms with Crippen molar-refractivity contribution in [2.24, 2.45) is 0 Å². The maximum atomic E-state index is 12.8. The highest BCUT2D eigenvalue weighted by atomic mass is 32.1. The molecule has 0 radical (unpaired) electrons. The van der Waals surface area contributed by atoms with Crippen LogP contribution in [0.15, 0.2) is 18.2 Å². The Labute approximate surface area is 154 Å². The fourth-order valence-corrected chi connectivity index (χ4v) is 3.90. The van der Waals surface area contributed by atoms with Gasteiger partial charge in [0.1, 0.15) is 5.82 Å². The van der Waals surface area contributed by atoms with E-state index >= 15 is 0 Å². The summed E-state index contributed by atoms with van der Waals surface area (Å²) in [5.41, 5.74) is 3.51. The third kappa shape index (κ3) is 3.84. The van der Waals surface area contributed by atoms with Gasteiger partial charge in [0, 0.05) is 25.6 Å². The number of benzene rings is 1. The molecule has 1 aliphatic rings. The van der Waals surface area contributed by atoms with Gasteiger partial charge in [-0.05, 0) is 57.0 Å². The summed E-state index contributed by atoms with van der Waals surface area (Å²) < 4.78 is 2.70. The monoisotopic (exact) mass is 358 g/mol. The summed E-state index contributed by atoms with van der Waals surface area (Å²) in [4.78, 5) is 14.8. The van der Waals surface area contributed by atoms with Crippen molar-refractivity contribution in [3.05, 3.63) is 45.5 Å². The van der Waals surface area contributed by atoms with Gasteiger partial charge >= 0.3 is 0 Å². The number of piperidine rings is 1. The van der Waals surface area contributed by atoms with Crippen molar-refractivity contribution in [3.8, 4) is 0 Å². The second-order valence-electron chi connectivity index (χ2n) is 6.92. The van der Waals surface area contributed by atoms with Crippen molar-refractivity contribution < 1.29 is 4.79 Å². The number of carbonyl (C=O) groups excluding carboxylic acids is 1. The molecule has 0 aliphatic carbocycles. The number of amides is 1. The Morgan fingerprint density at radius 1 is 1.40 bits per heavy atom. The summed E-state index contributed by atoms with van der Waals surface area (Å²) in [6.45, 7) is 8.57. The van der Waals surface area contributed by atoms with Gasteiger partial charge in [-0.25, -0.2) is 0 Å². The highest BCUT2D eigenvalue weighted by Crippen LogP contribution is 2.26. The topological polar surface area (TPSA) is 53.9 Å². The van der Waals surface area contributed by atoms with Crippen LogP contribution in [0.25, 0.3) is 0 Å². The van der Waals surface area contributed by atoms with E-state index in [1.54, 1.807) is 0 Å². The van der Waals surface area contributed by atoms with Crippen molar-refractivity contribution in [3.63, 3.8) is 0 Å². The van der Waals surface area contributed by atoms with Crippen molar-refractivity contribution in [2.75, 3.05) is 13.1 Å². The van der Waals surface area contributed by atoms with Crippen LogP contribution in [0, 0.1) is 18.6 Å². The number of nitrogens with zero attached hydrogens (tertiary/aromatic N) is 3. The maximum Gasteiger partial charge on any atom is 0.227 e. The van der Waals surface area contributed by atoms with Crippen LogP contribution >= 0.6 is 12.2 Å². The van der Waals surface area contributed by atoms with Gasteiger partial charge in [-0.3, -0.25) is 9.89 Å². The van der Waals surface area contributed by atoms with E-state index < -0.39 is 0 Å². The number of likely N-dealkylation sites (tertiary alicyclic amines) is 1. The Bertz CT molecular complexity index is 823. The lowest BCUT2D eigenvalue weighted by Crippen LogP contribution is -2.40. The fraction of sp³-hybridized carbons (Fsp3) is 0.526. The molecule has 25 heavy (non-hydrogen) atoms. The predicted molar refractivity (Wildman–Crippen MR) is 101 cm³/mol. The molecule has 1 fully saturated rings. The standard InChI is InChI=1S/C19H26N4OS/c1-4-23-18(20-21-19(23)25)15-6-5-9-22(12-15)17(24)11-16-10-13(2)7-8-14(16)3/h7-8,10,15H,4-6,9,11-12H2,1-3H3,(H,21,25). The van der Waals surface area contributed by atoms with Gasteiger partial charge < -0.3 is 9.47 Å². The molecule has 2 aromatic rings. The second-order valence-corrected chi connectivity index (χ2v) is 7.30. The van der Waals surface area contributed by atoms with E-state index in [-0.39, 0.29) is 11.8 Å². The van der Waals surface area contributed by atoms with E-state index in [0.29, 0.717) is 11.2 Å². The maximum absolute atomic E-state index is 12.8. The zero-order valence-electron chi connectivity index (χ0n) is 15.2. The van der Waals surface area contributed by atoms with E-state index in [4.69, 9.17) is 12.2 Å². The average Bonchev–Trinajstić information content (AvgIpc) is 2.99. The Kier molecular flexibility index (Phi) is 5.37. The zero-order valence-corrected chi connectivity index (χ0v) is 16.0. The van der Waals surface area contributed by atoms with Crippen molar-refractivity contribution >= 4 is 18.1 Å². The van der Waals surface area contributed by atoms with E-state index in [9.17, 15) is 4.79 Å². The molecule has 1 unspecified atom stereocenters. The average molecular weight is 359 g/mol. The largest absolute Gasteiger partial charge is 0.342 e. The van der Waals surface area contributed by atoms with Crippen molar-refractivity contribution in [2.45, 2.75) is 52.5 Å². The number of aromatic nitrogens is 3. The van der Waals surface area contributed by atoms with Gasteiger partial charge in [-0.2, -0.15) is 5.10 Å². The van der Waals surface area contributed by atoms with E-state index in [0.717, 1.165) is 43.9 Å². The molecular weight excluding hydrogens is 332 g/mol. The van der Waals surface area contributed by atoms with Gasteiger partial charge in [0.05, 0.1) is 6.42 Å². The van der Waals surface area contributed by atoms with Gasteiger partial charge in [0.15, 0.2) is 4.77 Å². The normalized spacial score (nSPS) is 17.7. The molecule has 0 spiro atoms. The Hall–Kier alpha value is -1.95. The number of hydrogen-bond acceptors (Lipinski definition) is 3. The summed E-state index contributed by atoms with van der Waals surface area (Å²) in [5.74, 6) is 1.44. The third-order valence-corrected chi connectivity index (χ3v) is 5.40. The minimum absolute atomic E-state index is 0.204. The molecule has 1 amide bonds. The SMILES string of the molecule is CCn1c(C2CCCN(C(=O)Cc3cc(C)ccc3C)C2)n[nH]c1=S. The summed E-state index contributed by atoms with van der Waals surface area (Å²) in [6, 6.07) is 6.31. The molecule has 6 heteroatoms. The zero-order chi connectivity index (χ0) is 18.0. The molecule has 0 saturated carbocycles. The molecule has 1 saturated heterocycles. The van der Waals surface area contributed by atoms with Crippen LogP contribution in [0.4, 0.5) is 0 Å². The Morgan fingerprint density at radius 3 is 2.96 bits per heavy atom.